The van der Waals surface area contributed by atoms with Gasteiger partial charge in [-0.3, -0.25) is 9.59 Å². The first-order chi connectivity index (χ1) is 17.1. The Labute approximate surface area is 202 Å². The van der Waals surface area contributed by atoms with Gasteiger partial charge in [-0.25, -0.2) is 9.97 Å². The molecular formula is C27H23N5O3. The summed E-state index contributed by atoms with van der Waals surface area (Å²) in [5.41, 5.74) is 4.86. The standard InChI is InChI=1S/C27H23N5O3/c1-2-23(33)30-21-7-3-5-18(15-21)22-8-4-6-19-16-29-27(32-24(19)22)31-20-11-9-17(10-12-20)25-26(34)28-13-14-35-25/h2-12,15-16,25H,1,13-14H2,(H,28,34)(H,30,33)(H,29,31,32). The lowest BCUT2D eigenvalue weighted by Gasteiger charge is -2.23. The Balaban J connectivity index is 1.41. The normalized spacial score (nSPS) is 15.3. The van der Waals surface area contributed by atoms with E-state index in [0.29, 0.717) is 24.8 Å². The number of rotatable bonds is 6. The van der Waals surface area contributed by atoms with Crippen molar-refractivity contribution >= 4 is 40.0 Å². The third kappa shape index (κ3) is 4.87. The molecule has 4 aromatic rings. The summed E-state index contributed by atoms with van der Waals surface area (Å²) in [4.78, 5) is 33.0. The molecule has 2 amide bonds. The molecule has 2 heterocycles. The average molecular weight is 466 g/mol. The number of amides is 2. The number of carbonyl (C=O) groups is 2. The van der Waals surface area contributed by atoms with Crippen LogP contribution < -0.4 is 16.0 Å². The quantitative estimate of drug-likeness (QED) is 0.366. The molecule has 0 aliphatic carbocycles. The molecule has 0 spiro atoms. The van der Waals surface area contributed by atoms with E-state index in [9.17, 15) is 9.59 Å². The van der Waals surface area contributed by atoms with Gasteiger partial charge in [-0.2, -0.15) is 0 Å². The van der Waals surface area contributed by atoms with E-state index in [1.54, 1.807) is 6.20 Å². The van der Waals surface area contributed by atoms with Crippen LogP contribution in [0.1, 0.15) is 11.7 Å². The van der Waals surface area contributed by atoms with Crippen LogP contribution in [0.4, 0.5) is 17.3 Å². The number of hydrogen-bond acceptors (Lipinski definition) is 6. The van der Waals surface area contributed by atoms with Gasteiger partial charge in [-0.15, -0.1) is 0 Å². The van der Waals surface area contributed by atoms with Crippen LogP contribution >= 0.6 is 0 Å². The maximum atomic E-state index is 12.0. The van der Waals surface area contributed by atoms with Crippen LogP contribution in [0.15, 0.2) is 85.6 Å². The zero-order chi connectivity index (χ0) is 24.2. The molecule has 1 aliphatic rings. The smallest absolute Gasteiger partial charge is 0.253 e. The number of carbonyl (C=O) groups excluding carboxylic acids is 2. The number of anilines is 3. The number of nitrogens with zero attached hydrogens (tertiary/aromatic N) is 2. The van der Waals surface area contributed by atoms with E-state index in [4.69, 9.17) is 9.72 Å². The summed E-state index contributed by atoms with van der Waals surface area (Å²) in [6, 6.07) is 20.9. The lowest BCUT2D eigenvalue weighted by molar-refractivity contribution is -0.138. The van der Waals surface area contributed by atoms with Crippen molar-refractivity contribution in [2.45, 2.75) is 6.10 Å². The van der Waals surface area contributed by atoms with Gasteiger partial charge >= 0.3 is 0 Å². The molecule has 1 saturated heterocycles. The van der Waals surface area contributed by atoms with Gasteiger partial charge in [-0.1, -0.05) is 49.0 Å². The first-order valence-electron chi connectivity index (χ1n) is 11.2. The van der Waals surface area contributed by atoms with Crippen molar-refractivity contribution in [3.8, 4) is 11.1 Å². The second kappa shape index (κ2) is 9.74. The van der Waals surface area contributed by atoms with E-state index in [2.05, 4.69) is 27.5 Å². The van der Waals surface area contributed by atoms with Gasteiger partial charge in [0.15, 0.2) is 6.10 Å². The number of benzene rings is 3. The minimum Gasteiger partial charge on any atom is -0.362 e. The molecule has 35 heavy (non-hydrogen) atoms. The molecule has 174 valence electrons. The van der Waals surface area contributed by atoms with Gasteiger partial charge in [-0.05, 0) is 41.5 Å². The second-order valence-electron chi connectivity index (χ2n) is 8.00. The number of morpholine rings is 1. The number of para-hydroxylation sites is 1. The van der Waals surface area contributed by atoms with E-state index in [1.165, 1.54) is 6.08 Å². The summed E-state index contributed by atoms with van der Waals surface area (Å²) < 4.78 is 5.59. The zero-order valence-corrected chi connectivity index (χ0v) is 18.8. The molecular weight excluding hydrogens is 442 g/mol. The van der Waals surface area contributed by atoms with E-state index in [1.807, 2.05) is 66.7 Å². The van der Waals surface area contributed by atoms with Crippen LogP contribution in [0.5, 0.6) is 0 Å². The monoisotopic (exact) mass is 465 g/mol. The predicted molar refractivity (Wildman–Crippen MR) is 135 cm³/mol. The number of hydrogen-bond donors (Lipinski definition) is 3. The highest BCUT2D eigenvalue weighted by Gasteiger charge is 2.24. The SMILES string of the molecule is C=CC(=O)Nc1cccc(-c2cccc3cnc(Nc4ccc(C5OCCNC5=O)cc4)nc23)c1. The van der Waals surface area contributed by atoms with Crippen LogP contribution in [-0.4, -0.2) is 34.9 Å². The lowest BCUT2D eigenvalue weighted by Crippen LogP contribution is -2.39. The summed E-state index contributed by atoms with van der Waals surface area (Å²) in [6.45, 7) is 4.52. The summed E-state index contributed by atoms with van der Waals surface area (Å²) in [7, 11) is 0. The molecule has 1 aromatic heterocycles. The highest BCUT2D eigenvalue weighted by molar-refractivity contribution is 6.00. The van der Waals surface area contributed by atoms with Gasteiger partial charge in [0, 0.05) is 35.1 Å². The van der Waals surface area contributed by atoms with Crippen molar-refractivity contribution in [3.63, 3.8) is 0 Å². The fourth-order valence-corrected chi connectivity index (χ4v) is 3.94. The molecule has 0 radical (unpaired) electrons. The first-order valence-corrected chi connectivity index (χ1v) is 11.2. The maximum Gasteiger partial charge on any atom is 0.253 e. The van der Waals surface area contributed by atoms with Crippen molar-refractivity contribution in [1.82, 2.24) is 15.3 Å². The van der Waals surface area contributed by atoms with E-state index in [-0.39, 0.29) is 11.8 Å². The Hall–Kier alpha value is -4.56. The Morgan fingerprint density at radius 3 is 2.71 bits per heavy atom. The first kappa shape index (κ1) is 22.2. The molecule has 3 N–H and O–H groups in total. The van der Waals surface area contributed by atoms with Crippen molar-refractivity contribution < 1.29 is 14.3 Å². The fourth-order valence-electron chi connectivity index (χ4n) is 3.94. The third-order valence-corrected chi connectivity index (χ3v) is 5.63. The summed E-state index contributed by atoms with van der Waals surface area (Å²) in [5, 5.41) is 9.72. The van der Waals surface area contributed by atoms with E-state index >= 15 is 0 Å². The van der Waals surface area contributed by atoms with E-state index in [0.717, 1.165) is 33.3 Å². The third-order valence-electron chi connectivity index (χ3n) is 5.63. The number of fused-ring (bicyclic) bond motifs is 1. The van der Waals surface area contributed by atoms with Crippen molar-refractivity contribution in [1.29, 1.82) is 0 Å². The topological polar surface area (TPSA) is 105 Å². The molecule has 0 bridgehead atoms. The minimum absolute atomic E-state index is 0.129. The van der Waals surface area contributed by atoms with Gasteiger partial charge < -0.3 is 20.7 Å². The Kier molecular flexibility index (Phi) is 6.19. The van der Waals surface area contributed by atoms with Crippen LogP contribution in [-0.2, 0) is 14.3 Å². The highest BCUT2D eigenvalue weighted by atomic mass is 16.5. The van der Waals surface area contributed by atoms with Gasteiger partial charge in [0.25, 0.3) is 5.91 Å². The molecule has 3 aromatic carbocycles. The van der Waals surface area contributed by atoms with Gasteiger partial charge in [0.2, 0.25) is 11.9 Å². The minimum atomic E-state index is -0.593. The zero-order valence-electron chi connectivity index (χ0n) is 18.8. The molecule has 1 unspecified atom stereocenters. The van der Waals surface area contributed by atoms with Gasteiger partial charge in [0.05, 0.1) is 12.1 Å². The van der Waals surface area contributed by atoms with Crippen LogP contribution in [0.2, 0.25) is 0 Å². The number of nitrogens with one attached hydrogen (secondary N) is 3. The van der Waals surface area contributed by atoms with E-state index < -0.39 is 6.10 Å². The fraction of sp³-hybridized carbons (Fsp3) is 0.111. The number of ether oxygens (including phenoxy) is 1. The molecule has 1 atom stereocenters. The molecule has 1 aliphatic heterocycles. The Morgan fingerprint density at radius 1 is 1.09 bits per heavy atom. The Bertz CT molecular complexity index is 1420. The second-order valence-corrected chi connectivity index (χ2v) is 8.00. The van der Waals surface area contributed by atoms with Crippen LogP contribution in [0.25, 0.3) is 22.0 Å². The molecule has 8 heteroatoms. The number of aromatic nitrogens is 2. The van der Waals surface area contributed by atoms with Crippen LogP contribution in [0, 0.1) is 0 Å². The Morgan fingerprint density at radius 2 is 1.91 bits per heavy atom. The molecule has 8 nitrogen and oxygen atoms in total. The molecule has 0 saturated carbocycles. The lowest BCUT2D eigenvalue weighted by atomic mass is 10.0. The molecule has 5 rings (SSSR count). The largest absolute Gasteiger partial charge is 0.362 e. The maximum absolute atomic E-state index is 12.0. The predicted octanol–water partition coefficient (Wildman–Crippen LogP) is 4.35. The average Bonchev–Trinajstić information content (AvgIpc) is 2.89. The summed E-state index contributed by atoms with van der Waals surface area (Å²) >= 11 is 0. The van der Waals surface area contributed by atoms with Crippen LogP contribution in [0.3, 0.4) is 0 Å². The molecule has 1 fully saturated rings. The summed E-state index contributed by atoms with van der Waals surface area (Å²) in [5.74, 6) is 0.0477. The van der Waals surface area contributed by atoms with Gasteiger partial charge in [0.1, 0.15) is 0 Å². The van der Waals surface area contributed by atoms with Crippen molar-refractivity contribution in [2.75, 3.05) is 23.8 Å². The van der Waals surface area contributed by atoms with Crippen molar-refractivity contribution in [2.24, 2.45) is 0 Å². The highest BCUT2D eigenvalue weighted by Crippen LogP contribution is 2.30. The summed E-state index contributed by atoms with van der Waals surface area (Å²) in [6.07, 6.45) is 2.41. The van der Waals surface area contributed by atoms with Crippen molar-refractivity contribution in [3.05, 3.63) is 91.1 Å².